The Kier molecular flexibility index (Phi) is 12.7. The molecule has 1 fully saturated rings. The van der Waals surface area contributed by atoms with E-state index in [1.165, 1.54) is 24.7 Å². The van der Waals surface area contributed by atoms with Crippen molar-refractivity contribution in [2.45, 2.75) is 107 Å². The quantitative estimate of drug-likeness (QED) is 0.0475. The number of aliphatic imine (C=N–C) groups is 1. The molecule has 2 unspecified atom stereocenters. The van der Waals surface area contributed by atoms with Gasteiger partial charge in [0.05, 0.1) is 19.4 Å². The average Bonchev–Trinajstić information content (AvgIpc) is 3.66. The molecular formula is C44H60N6O4S. The zero-order valence-electron chi connectivity index (χ0n) is 35.1. The van der Waals surface area contributed by atoms with Crippen LogP contribution in [0.3, 0.4) is 0 Å². The smallest absolute Gasteiger partial charge is 0.331 e. The van der Waals surface area contributed by atoms with E-state index in [4.69, 9.17) is 35.6 Å². The number of benzene rings is 2. The van der Waals surface area contributed by atoms with E-state index >= 15 is 0 Å². The third-order valence-electron chi connectivity index (χ3n) is 11.1. The molecule has 0 bridgehead atoms. The predicted molar refractivity (Wildman–Crippen MR) is 224 cm³/mol. The van der Waals surface area contributed by atoms with Crippen LogP contribution in [0.15, 0.2) is 53.2 Å². The van der Waals surface area contributed by atoms with Crippen LogP contribution in [-0.4, -0.2) is 58.6 Å². The number of allylic oxidation sites excluding steroid dienone is 1. The van der Waals surface area contributed by atoms with Gasteiger partial charge in [-0.05, 0) is 78.2 Å². The Bertz CT molecular complexity index is 1930. The maximum Gasteiger partial charge on any atom is 0.331 e. The summed E-state index contributed by atoms with van der Waals surface area (Å²) in [5.74, 6) is 1.94. The van der Waals surface area contributed by atoms with Gasteiger partial charge in [-0.25, -0.2) is 29.2 Å². The molecule has 10 nitrogen and oxygen atoms in total. The molecule has 1 saturated carbocycles. The van der Waals surface area contributed by atoms with Gasteiger partial charge in [0.25, 0.3) is 0 Å². The third-order valence-corrected chi connectivity index (χ3v) is 11.7. The summed E-state index contributed by atoms with van der Waals surface area (Å²) >= 11 is 1.26. The first-order valence-electron chi connectivity index (χ1n) is 19.5. The zero-order valence-corrected chi connectivity index (χ0v) is 35.9. The van der Waals surface area contributed by atoms with Crippen molar-refractivity contribution in [1.82, 2.24) is 14.8 Å². The van der Waals surface area contributed by atoms with E-state index in [9.17, 15) is 4.79 Å². The zero-order chi connectivity index (χ0) is 40.5. The van der Waals surface area contributed by atoms with Crippen molar-refractivity contribution in [1.29, 1.82) is 0 Å². The molecular weight excluding hydrogens is 709 g/mol. The lowest BCUT2D eigenvalue weighted by Crippen LogP contribution is -2.49. The molecule has 0 saturated heterocycles. The van der Waals surface area contributed by atoms with Gasteiger partial charge in [-0.15, -0.1) is 5.10 Å². The number of fused-ring (bicyclic) bond motifs is 1. The first-order chi connectivity index (χ1) is 25.8. The Hall–Kier alpha value is -3.98. The van der Waals surface area contributed by atoms with Crippen molar-refractivity contribution in [3.63, 3.8) is 0 Å². The summed E-state index contributed by atoms with van der Waals surface area (Å²) < 4.78 is 13.2. The Balaban J connectivity index is 1.61. The number of anilines is 1. The van der Waals surface area contributed by atoms with Gasteiger partial charge in [-0.2, -0.15) is 4.33 Å². The standard InChI is InChI=1S/C44H60N6O4S/c1-15-49(22-23-55-54-52-14)31-20-21-34(28(3)26-31)46-40-36(45-13)35(39-47-38(48-50(39)40)29-16-18-30(19-17-29)42(4,5)6)41(51)53-37-32(43(7,8)9)24-27(2)25-33(37)44(10,11)12/h16-21,26-27,32-33,37H,15,22-25H2,1-12,14H3. The number of carbonyl (C=O) groups is 1. The van der Waals surface area contributed by atoms with Gasteiger partial charge in [-0.1, -0.05) is 93.5 Å². The van der Waals surface area contributed by atoms with Crippen LogP contribution < -0.4 is 4.90 Å². The van der Waals surface area contributed by atoms with Gasteiger partial charge >= 0.3 is 5.97 Å². The fourth-order valence-corrected chi connectivity index (χ4v) is 8.36. The van der Waals surface area contributed by atoms with Crippen molar-refractivity contribution in [3.8, 4) is 11.4 Å². The van der Waals surface area contributed by atoms with Crippen LogP contribution >= 0.6 is 12.0 Å². The number of hydrogen-bond acceptors (Lipinski definition) is 9. The van der Waals surface area contributed by atoms with Crippen LogP contribution in [-0.2, 0) is 24.2 Å². The number of rotatable bonds is 11. The van der Waals surface area contributed by atoms with Crippen molar-refractivity contribution in [2.24, 2.45) is 33.6 Å². The number of carbonyl (C=O) groups excluding carboxylic acids is 1. The van der Waals surface area contributed by atoms with Crippen LogP contribution in [0.25, 0.3) is 21.8 Å². The van der Waals surface area contributed by atoms with Gasteiger partial charge in [0.15, 0.2) is 17.5 Å². The van der Waals surface area contributed by atoms with E-state index in [0.29, 0.717) is 17.4 Å². The number of esters is 1. The van der Waals surface area contributed by atoms with Crippen LogP contribution in [0.1, 0.15) is 106 Å². The second-order valence-electron chi connectivity index (χ2n) is 18.3. The van der Waals surface area contributed by atoms with Gasteiger partial charge in [0.2, 0.25) is 5.70 Å². The average molecular weight is 769 g/mol. The second kappa shape index (κ2) is 16.6. The highest BCUT2D eigenvalue weighted by atomic mass is 32.2. The minimum Gasteiger partial charge on any atom is -0.459 e. The lowest BCUT2D eigenvalue weighted by atomic mass is 9.59. The third kappa shape index (κ3) is 9.36. The van der Waals surface area contributed by atoms with Crippen molar-refractivity contribution in [2.75, 3.05) is 30.9 Å². The first kappa shape index (κ1) is 42.2. The minimum atomic E-state index is -0.552. The van der Waals surface area contributed by atoms with Gasteiger partial charge < -0.3 is 9.64 Å². The number of aryl methyl sites for hydroxylation is 1. The Morgan fingerprint density at radius 3 is 2.18 bits per heavy atom. The topological polar surface area (TPSA) is 95.4 Å². The number of ether oxygens (including phenoxy) is 1. The molecule has 0 spiro atoms. The lowest BCUT2D eigenvalue weighted by Gasteiger charge is -2.50. The van der Waals surface area contributed by atoms with E-state index in [-0.39, 0.29) is 57.1 Å². The van der Waals surface area contributed by atoms with Gasteiger partial charge in [0, 0.05) is 54.0 Å². The van der Waals surface area contributed by atoms with Crippen LogP contribution in [0.5, 0.6) is 0 Å². The Morgan fingerprint density at radius 2 is 1.65 bits per heavy atom. The second-order valence-corrected chi connectivity index (χ2v) is 19.0. The van der Waals surface area contributed by atoms with Gasteiger partial charge in [-0.3, -0.25) is 0 Å². The van der Waals surface area contributed by atoms with E-state index < -0.39 is 5.97 Å². The number of aromatic nitrogens is 3. The number of hydrogen-bond donors (Lipinski definition) is 0. The van der Waals surface area contributed by atoms with E-state index in [1.54, 1.807) is 4.68 Å². The van der Waals surface area contributed by atoms with Crippen molar-refractivity contribution >= 4 is 40.8 Å². The molecule has 0 radical (unpaired) electrons. The molecule has 296 valence electrons. The van der Waals surface area contributed by atoms with Crippen LogP contribution in [0.4, 0.5) is 11.4 Å². The summed E-state index contributed by atoms with van der Waals surface area (Å²) in [7, 11) is 1.49. The van der Waals surface area contributed by atoms with Crippen molar-refractivity contribution < 1.29 is 18.8 Å². The Labute approximate surface area is 333 Å². The maximum absolute atomic E-state index is 14.7. The van der Waals surface area contributed by atoms with E-state index in [0.717, 1.165) is 48.5 Å². The minimum absolute atomic E-state index is 0.0162. The van der Waals surface area contributed by atoms with Crippen molar-refractivity contribution in [3.05, 3.63) is 76.5 Å². The molecule has 5 rings (SSSR count). The molecule has 2 aromatic carbocycles. The van der Waals surface area contributed by atoms with Crippen LogP contribution in [0.2, 0.25) is 0 Å². The highest BCUT2D eigenvalue weighted by Crippen LogP contribution is 2.50. The first-order valence-corrected chi connectivity index (χ1v) is 20.4. The molecule has 2 atom stereocenters. The van der Waals surface area contributed by atoms with E-state index in [2.05, 4.69) is 104 Å². The summed E-state index contributed by atoms with van der Waals surface area (Å²) in [4.78, 5) is 35.6. The summed E-state index contributed by atoms with van der Waals surface area (Å²) in [6.07, 6.45) is 1.59. The molecule has 1 aliphatic carbocycles. The molecule has 1 aliphatic heterocycles. The molecule has 2 aliphatic rings. The highest BCUT2D eigenvalue weighted by molar-refractivity contribution is 7.94. The SMILES string of the molecule is [C-]#[N+]C1=C(C(=O)OC2C(C(C)(C)C)CC(C)CC2C(C)(C)C)c2nc(-c3ccc(C(C)(C)C)cc3)nn2C1=Nc1ccc(N(CC)CCSOOC)cc1C. The monoisotopic (exact) mass is 768 g/mol. The molecule has 55 heavy (non-hydrogen) atoms. The normalized spacial score (nSPS) is 21.1. The summed E-state index contributed by atoms with van der Waals surface area (Å²) in [6, 6.07) is 14.2. The maximum atomic E-state index is 14.7. The lowest BCUT2D eigenvalue weighted by molar-refractivity contribution is -0.162. The largest absolute Gasteiger partial charge is 0.459 e. The summed E-state index contributed by atoms with van der Waals surface area (Å²) in [5.41, 5.74) is 4.63. The molecule has 11 heteroatoms. The fraction of sp³-hybridized carbons (Fsp3) is 0.568. The molecule has 1 aromatic heterocycles. The van der Waals surface area contributed by atoms with Gasteiger partial charge in [0.1, 0.15) is 11.7 Å². The molecule has 2 heterocycles. The molecule has 0 N–H and O–H groups in total. The fourth-order valence-electron chi connectivity index (χ4n) is 7.90. The highest BCUT2D eigenvalue weighted by Gasteiger charge is 2.49. The van der Waals surface area contributed by atoms with E-state index in [1.807, 2.05) is 31.2 Å². The molecule has 0 amide bonds. The Morgan fingerprint density at radius 1 is 1.02 bits per heavy atom. The predicted octanol–water partition coefficient (Wildman–Crippen LogP) is 10.5. The molecule has 3 aromatic rings. The summed E-state index contributed by atoms with van der Waals surface area (Å²) in [6.45, 7) is 36.3. The number of nitrogens with zero attached hydrogens (tertiary/aromatic N) is 6. The summed E-state index contributed by atoms with van der Waals surface area (Å²) in [5, 5.41) is 4.91. The van der Waals surface area contributed by atoms with Crippen LogP contribution in [0, 0.1) is 42.1 Å².